The summed E-state index contributed by atoms with van der Waals surface area (Å²) in [6.45, 7) is 2.85. The van der Waals surface area contributed by atoms with Crippen LogP contribution < -0.4 is 0 Å². The molecular formula is C10H13IO. The lowest BCUT2D eigenvalue weighted by atomic mass is 10.2. The molecule has 0 heterocycles. The second-order valence-corrected chi connectivity index (χ2v) is 4.00. The molecule has 0 aliphatic carbocycles. The van der Waals surface area contributed by atoms with Crippen LogP contribution in [0.3, 0.4) is 0 Å². The molecule has 0 bridgehead atoms. The summed E-state index contributed by atoms with van der Waals surface area (Å²) in [6, 6.07) is 10.3. The van der Waals surface area contributed by atoms with E-state index in [1.54, 1.807) is 0 Å². The predicted molar refractivity (Wildman–Crippen MR) is 59.3 cm³/mol. The maximum Gasteiger partial charge on any atom is 0.109 e. The molecule has 12 heavy (non-hydrogen) atoms. The minimum atomic E-state index is 0.336. The van der Waals surface area contributed by atoms with Gasteiger partial charge in [0.1, 0.15) is 4.11 Å². The normalized spacial score (nSPS) is 12.8. The van der Waals surface area contributed by atoms with Crippen LogP contribution in [0.4, 0.5) is 0 Å². The van der Waals surface area contributed by atoms with Crippen LogP contribution in [0.25, 0.3) is 0 Å². The fourth-order valence-corrected chi connectivity index (χ4v) is 1.06. The first kappa shape index (κ1) is 9.99. The summed E-state index contributed by atoms with van der Waals surface area (Å²) in [5.74, 6) is 0. The lowest BCUT2D eigenvalue weighted by Crippen LogP contribution is -2.01. The van der Waals surface area contributed by atoms with Crippen LogP contribution in [-0.2, 0) is 11.3 Å². The summed E-state index contributed by atoms with van der Waals surface area (Å²) in [4.78, 5) is 0. The number of halogens is 1. The Balaban J connectivity index is 2.33. The molecular weight excluding hydrogens is 263 g/mol. The molecule has 0 radical (unpaired) electrons. The third-order valence-corrected chi connectivity index (χ3v) is 2.84. The molecule has 0 spiro atoms. The summed E-state index contributed by atoms with van der Waals surface area (Å²) >= 11 is 2.31. The van der Waals surface area contributed by atoms with Crippen molar-refractivity contribution in [2.24, 2.45) is 0 Å². The molecule has 0 aromatic heterocycles. The Morgan fingerprint density at radius 2 is 2.00 bits per heavy atom. The van der Waals surface area contributed by atoms with Gasteiger partial charge in [0, 0.05) is 0 Å². The highest BCUT2D eigenvalue weighted by atomic mass is 127. The first-order valence-electron chi connectivity index (χ1n) is 4.12. The van der Waals surface area contributed by atoms with Crippen LogP contribution in [0.2, 0.25) is 0 Å². The molecule has 1 aromatic carbocycles. The van der Waals surface area contributed by atoms with Crippen LogP contribution in [-0.4, -0.2) is 4.11 Å². The van der Waals surface area contributed by atoms with Crippen LogP contribution >= 0.6 is 22.6 Å². The van der Waals surface area contributed by atoms with Crippen LogP contribution in [0.5, 0.6) is 0 Å². The van der Waals surface area contributed by atoms with Crippen molar-refractivity contribution >= 4 is 22.6 Å². The van der Waals surface area contributed by atoms with Crippen molar-refractivity contribution in [3.63, 3.8) is 0 Å². The Kier molecular flexibility index (Phi) is 4.61. The van der Waals surface area contributed by atoms with E-state index in [0.717, 1.165) is 13.0 Å². The van der Waals surface area contributed by atoms with Crippen molar-refractivity contribution < 1.29 is 4.74 Å². The highest BCUT2D eigenvalue weighted by molar-refractivity contribution is 14.1. The van der Waals surface area contributed by atoms with Gasteiger partial charge in [0.2, 0.25) is 0 Å². The third-order valence-electron chi connectivity index (χ3n) is 1.59. The Hall–Kier alpha value is -0.0900. The Morgan fingerprint density at radius 1 is 1.33 bits per heavy atom. The zero-order valence-corrected chi connectivity index (χ0v) is 9.32. The van der Waals surface area contributed by atoms with Crippen molar-refractivity contribution in [2.45, 2.75) is 24.1 Å². The summed E-state index contributed by atoms with van der Waals surface area (Å²) in [5.41, 5.74) is 1.24. The molecule has 0 amide bonds. The van der Waals surface area contributed by atoms with E-state index in [4.69, 9.17) is 4.74 Å². The zero-order valence-electron chi connectivity index (χ0n) is 7.16. The fraction of sp³-hybridized carbons (Fsp3) is 0.400. The third kappa shape index (κ3) is 3.54. The molecule has 2 heteroatoms. The molecule has 1 rings (SSSR count). The average Bonchev–Trinajstić information content (AvgIpc) is 2.16. The molecule has 66 valence electrons. The zero-order chi connectivity index (χ0) is 8.81. The Bertz CT molecular complexity index is 210. The van der Waals surface area contributed by atoms with E-state index in [1.807, 2.05) is 18.2 Å². The first-order valence-corrected chi connectivity index (χ1v) is 5.37. The van der Waals surface area contributed by atoms with E-state index >= 15 is 0 Å². The van der Waals surface area contributed by atoms with E-state index < -0.39 is 0 Å². The van der Waals surface area contributed by atoms with Gasteiger partial charge in [-0.2, -0.15) is 0 Å². The Labute approximate surface area is 87.3 Å². The second kappa shape index (κ2) is 5.54. The lowest BCUT2D eigenvalue weighted by Gasteiger charge is -2.08. The van der Waals surface area contributed by atoms with Gasteiger partial charge in [-0.3, -0.25) is 0 Å². The van der Waals surface area contributed by atoms with Gasteiger partial charge in [-0.25, -0.2) is 0 Å². The number of hydrogen-bond donors (Lipinski definition) is 0. The van der Waals surface area contributed by atoms with E-state index in [9.17, 15) is 0 Å². The summed E-state index contributed by atoms with van der Waals surface area (Å²) in [6.07, 6.45) is 1.06. The minimum Gasteiger partial charge on any atom is -0.363 e. The Morgan fingerprint density at radius 3 is 2.58 bits per heavy atom. The number of hydrogen-bond acceptors (Lipinski definition) is 1. The predicted octanol–water partition coefficient (Wildman–Crippen LogP) is 3.37. The van der Waals surface area contributed by atoms with E-state index in [1.165, 1.54) is 5.56 Å². The molecule has 1 unspecified atom stereocenters. The summed E-state index contributed by atoms with van der Waals surface area (Å²) in [5, 5.41) is 0. The molecule has 1 nitrogen and oxygen atoms in total. The number of alkyl halides is 1. The van der Waals surface area contributed by atoms with Crippen LogP contribution in [0.1, 0.15) is 18.9 Å². The molecule has 0 N–H and O–H groups in total. The standard InChI is InChI=1S/C10H13IO/c1-2-10(11)12-8-9-6-4-3-5-7-9/h3-7,10H,2,8H2,1H3. The van der Waals surface area contributed by atoms with Crippen molar-refractivity contribution in [1.82, 2.24) is 0 Å². The van der Waals surface area contributed by atoms with Crippen molar-refractivity contribution in [2.75, 3.05) is 0 Å². The molecule has 0 aliphatic rings. The fourth-order valence-electron chi connectivity index (χ4n) is 0.879. The molecule has 0 saturated carbocycles. The molecule has 0 aliphatic heterocycles. The van der Waals surface area contributed by atoms with Crippen molar-refractivity contribution in [3.05, 3.63) is 35.9 Å². The number of benzene rings is 1. The largest absolute Gasteiger partial charge is 0.363 e. The maximum atomic E-state index is 5.56. The highest BCUT2D eigenvalue weighted by Gasteiger charge is 1.99. The van der Waals surface area contributed by atoms with Gasteiger partial charge < -0.3 is 4.74 Å². The topological polar surface area (TPSA) is 9.23 Å². The number of ether oxygens (including phenoxy) is 1. The lowest BCUT2D eigenvalue weighted by molar-refractivity contribution is 0.108. The monoisotopic (exact) mass is 276 g/mol. The first-order chi connectivity index (χ1) is 5.83. The van der Waals surface area contributed by atoms with Crippen LogP contribution in [0, 0.1) is 0 Å². The summed E-state index contributed by atoms with van der Waals surface area (Å²) in [7, 11) is 0. The minimum absolute atomic E-state index is 0.336. The molecule has 1 aromatic rings. The van der Waals surface area contributed by atoms with Gasteiger partial charge in [0.15, 0.2) is 0 Å². The van der Waals surface area contributed by atoms with Gasteiger partial charge in [0.25, 0.3) is 0 Å². The van der Waals surface area contributed by atoms with Crippen LogP contribution in [0.15, 0.2) is 30.3 Å². The SMILES string of the molecule is CCC(I)OCc1ccccc1. The number of rotatable bonds is 4. The van der Waals surface area contributed by atoms with Gasteiger partial charge in [-0.1, -0.05) is 59.8 Å². The van der Waals surface area contributed by atoms with E-state index in [-0.39, 0.29) is 0 Å². The molecule has 0 fully saturated rings. The maximum absolute atomic E-state index is 5.56. The average molecular weight is 276 g/mol. The van der Waals surface area contributed by atoms with E-state index in [2.05, 4.69) is 41.6 Å². The quantitative estimate of drug-likeness (QED) is 0.605. The van der Waals surface area contributed by atoms with Gasteiger partial charge in [0.05, 0.1) is 6.61 Å². The molecule has 1 atom stereocenters. The van der Waals surface area contributed by atoms with Gasteiger partial charge >= 0.3 is 0 Å². The molecule has 0 saturated heterocycles. The van der Waals surface area contributed by atoms with Crippen molar-refractivity contribution in [1.29, 1.82) is 0 Å². The van der Waals surface area contributed by atoms with Gasteiger partial charge in [-0.15, -0.1) is 0 Å². The smallest absolute Gasteiger partial charge is 0.109 e. The second-order valence-electron chi connectivity index (χ2n) is 2.61. The van der Waals surface area contributed by atoms with Gasteiger partial charge in [-0.05, 0) is 12.0 Å². The summed E-state index contributed by atoms with van der Waals surface area (Å²) < 4.78 is 5.90. The van der Waals surface area contributed by atoms with E-state index in [0.29, 0.717) is 4.11 Å². The van der Waals surface area contributed by atoms with Crippen molar-refractivity contribution in [3.8, 4) is 0 Å². The highest BCUT2D eigenvalue weighted by Crippen LogP contribution is 2.10.